The van der Waals surface area contributed by atoms with Gasteiger partial charge in [0.1, 0.15) is 0 Å². The number of nitrogens with zero attached hydrogens (tertiary/aromatic N) is 1. The van der Waals surface area contributed by atoms with Gasteiger partial charge in [0.25, 0.3) is 0 Å². The first-order chi connectivity index (χ1) is 10.8. The fraction of sp³-hybridized carbons (Fsp3) is 0.619. The molecule has 0 aromatic heterocycles. The highest BCUT2D eigenvalue weighted by atomic mass is 15.1. The van der Waals surface area contributed by atoms with Crippen molar-refractivity contribution in [2.75, 3.05) is 19.6 Å². The van der Waals surface area contributed by atoms with Crippen LogP contribution in [0.1, 0.15) is 43.2 Å². The first-order valence-corrected chi connectivity index (χ1v) is 9.31. The Morgan fingerprint density at radius 1 is 1.00 bits per heavy atom. The SMILES string of the molecule is C1=C[C@H]2C[C@@H]1C[C@H]2CN1CCC2(CCc3ccccc32)CC1. The number of likely N-dealkylation sites (tertiary alicyclic amines) is 1. The number of rotatable bonds is 2. The van der Waals surface area contributed by atoms with Gasteiger partial charge in [-0.2, -0.15) is 0 Å². The minimum atomic E-state index is 0.529. The predicted octanol–water partition coefficient (Wildman–Crippen LogP) is 4.18. The maximum absolute atomic E-state index is 2.78. The highest BCUT2D eigenvalue weighted by molar-refractivity contribution is 5.39. The van der Waals surface area contributed by atoms with Crippen LogP contribution in [0.2, 0.25) is 0 Å². The number of benzene rings is 1. The summed E-state index contributed by atoms with van der Waals surface area (Å²) in [6.45, 7) is 4.01. The summed E-state index contributed by atoms with van der Waals surface area (Å²) in [5.74, 6) is 2.79. The molecule has 1 saturated carbocycles. The molecule has 1 heterocycles. The minimum Gasteiger partial charge on any atom is -0.303 e. The van der Waals surface area contributed by atoms with E-state index in [9.17, 15) is 0 Å². The Morgan fingerprint density at radius 3 is 2.64 bits per heavy atom. The van der Waals surface area contributed by atoms with Crippen molar-refractivity contribution in [1.82, 2.24) is 4.90 Å². The van der Waals surface area contributed by atoms with E-state index in [-0.39, 0.29) is 0 Å². The zero-order chi connectivity index (χ0) is 14.6. The van der Waals surface area contributed by atoms with Crippen LogP contribution in [-0.2, 0) is 11.8 Å². The van der Waals surface area contributed by atoms with Gasteiger partial charge in [0, 0.05) is 6.54 Å². The van der Waals surface area contributed by atoms with Crippen LogP contribution in [0.15, 0.2) is 36.4 Å². The second-order valence-electron chi connectivity index (χ2n) is 8.28. The van der Waals surface area contributed by atoms with Crippen molar-refractivity contribution in [2.24, 2.45) is 17.8 Å². The Hall–Kier alpha value is -1.08. The molecule has 3 atom stereocenters. The normalized spacial score (nSPS) is 35.4. The molecule has 0 radical (unpaired) electrons. The van der Waals surface area contributed by atoms with Crippen LogP contribution in [0, 0.1) is 17.8 Å². The fourth-order valence-electron chi connectivity index (χ4n) is 5.88. The molecule has 1 aromatic carbocycles. The standard InChI is InChI=1S/C21H27N/c1-2-4-20-17(3-1)7-8-21(20)9-11-22(12-10-21)15-19-14-16-5-6-18(19)13-16/h1-6,16,18-19H,7-15H2/t16-,18+,19+/m1/s1. The molecule has 0 N–H and O–H groups in total. The molecule has 1 heteroatoms. The van der Waals surface area contributed by atoms with Gasteiger partial charge in [-0.25, -0.2) is 0 Å². The van der Waals surface area contributed by atoms with E-state index < -0.39 is 0 Å². The largest absolute Gasteiger partial charge is 0.303 e. The average Bonchev–Trinajstić information content (AvgIpc) is 3.25. The predicted molar refractivity (Wildman–Crippen MR) is 91.0 cm³/mol. The van der Waals surface area contributed by atoms with E-state index in [4.69, 9.17) is 0 Å². The molecular weight excluding hydrogens is 266 g/mol. The van der Waals surface area contributed by atoms with Gasteiger partial charge in [-0.3, -0.25) is 0 Å². The van der Waals surface area contributed by atoms with Crippen LogP contribution in [0.3, 0.4) is 0 Å². The van der Waals surface area contributed by atoms with Crippen molar-refractivity contribution in [3.05, 3.63) is 47.5 Å². The maximum Gasteiger partial charge on any atom is 0.00155 e. The zero-order valence-corrected chi connectivity index (χ0v) is 13.5. The number of hydrogen-bond acceptors (Lipinski definition) is 1. The number of fused-ring (bicyclic) bond motifs is 4. The Morgan fingerprint density at radius 2 is 1.86 bits per heavy atom. The lowest BCUT2D eigenvalue weighted by molar-refractivity contribution is 0.133. The Labute approximate surface area is 134 Å². The van der Waals surface area contributed by atoms with Crippen molar-refractivity contribution in [2.45, 2.75) is 43.9 Å². The summed E-state index contributed by atoms with van der Waals surface area (Å²) in [7, 11) is 0. The van der Waals surface area contributed by atoms with Gasteiger partial charge >= 0.3 is 0 Å². The molecule has 4 aliphatic rings. The van der Waals surface area contributed by atoms with Crippen molar-refractivity contribution >= 4 is 0 Å². The molecule has 2 bridgehead atoms. The third-order valence-electron chi connectivity index (χ3n) is 7.18. The molecule has 116 valence electrons. The monoisotopic (exact) mass is 293 g/mol. The van der Waals surface area contributed by atoms with E-state index in [0.717, 1.165) is 17.8 Å². The first-order valence-electron chi connectivity index (χ1n) is 9.31. The van der Waals surface area contributed by atoms with Gasteiger partial charge in [0.2, 0.25) is 0 Å². The summed E-state index contributed by atoms with van der Waals surface area (Å²) >= 11 is 0. The van der Waals surface area contributed by atoms with E-state index in [2.05, 4.69) is 41.3 Å². The quantitative estimate of drug-likeness (QED) is 0.739. The smallest absolute Gasteiger partial charge is 0.00155 e. The third-order valence-corrected chi connectivity index (χ3v) is 7.18. The van der Waals surface area contributed by atoms with Crippen LogP contribution >= 0.6 is 0 Å². The second kappa shape index (κ2) is 4.96. The molecule has 3 aliphatic carbocycles. The summed E-state index contributed by atoms with van der Waals surface area (Å²) < 4.78 is 0. The topological polar surface area (TPSA) is 3.24 Å². The van der Waals surface area contributed by atoms with E-state index in [1.807, 2.05) is 0 Å². The third kappa shape index (κ3) is 2.01. The lowest BCUT2D eigenvalue weighted by Gasteiger charge is -2.41. The molecule has 1 nitrogen and oxygen atoms in total. The summed E-state index contributed by atoms with van der Waals surface area (Å²) in [6.07, 6.45) is 13.4. The molecule has 0 unspecified atom stereocenters. The molecule has 0 amide bonds. The van der Waals surface area contributed by atoms with E-state index in [1.54, 1.807) is 11.1 Å². The van der Waals surface area contributed by atoms with Crippen LogP contribution < -0.4 is 0 Å². The number of piperidine rings is 1. The molecular formula is C21H27N. The summed E-state index contributed by atoms with van der Waals surface area (Å²) in [4.78, 5) is 2.78. The van der Waals surface area contributed by atoms with Gasteiger partial charge in [0.15, 0.2) is 0 Å². The number of hydrogen-bond donors (Lipinski definition) is 0. The molecule has 1 aromatic rings. The molecule has 1 spiro atoms. The van der Waals surface area contributed by atoms with Gasteiger partial charge < -0.3 is 4.90 Å². The van der Waals surface area contributed by atoms with Gasteiger partial charge in [-0.1, -0.05) is 36.4 Å². The maximum atomic E-state index is 2.78. The van der Waals surface area contributed by atoms with Crippen molar-refractivity contribution in [1.29, 1.82) is 0 Å². The van der Waals surface area contributed by atoms with E-state index in [1.165, 1.54) is 58.2 Å². The fourth-order valence-corrected chi connectivity index (χ4v) is 5.88. The van der Waals surface area contributed by atoms with Gasteiger partial charge in [0.05, 0.1) is 0 Å². The lowest BCUT2D eigenvalue weighted by Crippen LogP contribution is -2.43. The Kier molecular flexibility index (Phi) is 3.01. The van der Waals surface area contributed by atoms with Crippen molar-refractivity contribution < 1.29 is 0 Å². The minimum absolute atomic E-state index is 0.529. The summed E-state index contributed by atoms with van der Waals surface area (Å²) in [5, 5.41) is 0. The average molecular weight is 293 g/mol. The molecule has 2 fully saturated rings. The highest BCUT2D eigenvalue weighted by Crippen LogP contribution is 2.47. The number of aryl methyl sites for hydroxylation is 1. The van der Waals surface area contributed by atoms with Gasteiger partial charge in [-0.05, 0) is 85.9 Å². The summed E-state index contributed by atoms with van der Waals surface area (Å²) in [6, 6.07) is 9.24. The van der Waals surface area contributed by atoms with Gasteiger partial charge in [-0.15, -0.1) is 0 Å². The first kappa shape index (κ1) is 13.4. The van der Waals surface area contributed by atoms with Crippen LogP contribution in [-0.4, -0.2) is 24.5 Å². The second-order valence-corrected chi connectivity index (χ2v) is 8.28. The Balaban J connectivity index is 1.25. The van der Waals surface area contributed by atoms with E-state index in [0.29, 0.717) is 5.41 Å². The van der Waals surface area contributed by atoms with Crippen molar-refractivity contribution in [3.63, 3.8) is 0 Å². The lowest BCUT2D eigenvalue weighted by atomic mass is 9.73. The van der Waals surface area contributed by atoms with Crippen LogP contribution in [0.25, 0.3) is 0 Å². The Bertz CT molecular complexity index is 594. The molecule has 22 heavy (non-hydrogen) atoms. The van der Waals surface area contributed by atoms with E-state index >= 15 is 0 Å². The summed E-state index contributed by atoms with van der Waals surface area (Å²) in [5.41, 5.74) is 3.86. The van der Waals surface area contributed by atoms with Crippen LogP contribution in [0.5, 0.6) is 0 Å². The molecule has 5 rings (SSSR count). The highest BCUT2D eigenvalue weighted by Gasteiger charge is 2.42. The molecule has 1 saturated heterocycles. The van der Waals surface area contributed by atoms with Crippen molar-refractivity contribution in [3.8, 4) is 0 Å². The zero-order valence-electron chi connectivity index (χ0n) is 13.5. The number of allylic oxidation sites excluding steroid dienone is 2. The van der Waals surface area contributed by atoms with Crippen LogP contribution in [0.4, 0.5) is 0 Å². The molecule has 1 aliphatic heterocycles.